The first kappa shape index (κ1) is 21.3. The van der Waals surface area contributed by atoms with Gasteiger partial charge in [-0.25, -0.2) is 9.78 Å². The zero-order valence-electron chi connectivity index (χ0n) is 17.5. The Kier molecular flexibility index (Phi) is 5.79. The maximum atomic E-state index is 12.3. The van der Waals surface area contributed by atoms with E-state index in [9.17, 15) is 14.7 Å². The fraction of sp³-hybridized carbons (Fsp3) is 0.125. The number of nitrogens with zero attached hydrogens (tertiary/aromatic N) is 1. The zero-order valence-corrected chi connectivity index (χ0v) is 18.4. The molecule has 0 spiro atoms. The van der Waals surface area contributed by atoms with Crippen LogP contribution >= 0.6 is 11.3 Å². The molecule has 162 valence electrons. The molecular formula is C24H22N4O3S. The SMILES string of the molecule is Cc1cccc(NC(=O)Nc2ccc(-c3csc4c(C(C)C(=O)O)cnc(N)c34)cc2)c1. The molecule has 8 heteroatoms. The first-order chi connectivity index (χ1) is 15.3. The van der Waals surface area contributed by atoms with Crippen molar-refractivity contribution in [1.29, 1.82) is 0 Å². The molecule has 5 N–H and O–H groups in total. The summed E-state index contributed by atoms with van der Waals surface area (Å²) in [5, 5.41) is 17.7. The van der Waals surface area contributed by atoms with Gasteiger partial charge in [-0.3, -0.25) is 4.79 Å². The van der Waals surface area contributed by atoms with Gasteiger partial charge in [0.15, 0.2) is 0 Å². The fourth-order valence-corrected chi connectivity index (χ4v) is 4.68. The van der Waals surface area contributed by atoms with Crippen LogP contribution in [0.5, 0.6) is 0 Å². The summed E-state index contributed by atoms with van der Waals surface area (Å²) in [6.45, 7) is 3.60. The van der Waals surface area contributed by atoms with Crippen LogP contribution in [0.25, 0.3) is 21.2 Å². The van der Waals surface area contributed by atoms with E-state index in [1.807, 2.05) is 60.8 Å². The molecular weight excluding hydrogens is 424 g/mol. The molecule has 0 saturated heterocycles. The number of carboxylic acid groups (broad SMARTS) is 1. The number of rotatable bonds is 5. The number of aromatic nitrogens is 1. The average molecular weight is 447 g/mol. The summed E-state index contributed by atoms with van der Waals surface area (Å²) in [6, 6.07) is 14.6. The molecule has 0 radical (unpaired) electrons. The number of carboxylic acids is 1. The van der Waals surface area contributed by atoms with Crippen molar-refractivity contribution in [3.8, 4) is 11.1 Å². The number of nitrogens with two attached hydrogens (primary N) is 1. The molecule has 1 atom stereocenters. The van der Waals surface area contributed by atoms with E-state index in [2.05, 4.69) is 15.6 Å². The van der Waals surface area contributed by atoms with Crippen molar-refractivity contribution in [2.45, 2.75) is 19.8 Å². The van der Waals surface area contributed by atoms with Crippen molar-refractivity contribution in [1.82, 2.24) is 4.98 Å². The maximum Gasteiger partial charge on any atom is 0.323 e. The normalized spacial score (nSPS) is 11.8. The van der Waals surface area contributed by atoms with Crippen molar-refractivity contribution in [3.63, 3.8) is 0 Å². The minimum absolute atomic E-state index is 0.329. The number of amides is 2. The Morgan fingerprint density at radius 3 is 2.50 bits per heavy atom. The van der Waals surface area contributed by atoms with E-state index < -0.39 is 11.9 Å². The Balaban J connectivity index is 1.57. The van der Waals surface area contributed by atoms with Gasteiger partial charge >= 0.3 is 12.0 Å². The molecule has 0 bridgehead atoms. The Morgan fingerprint density at radius 1 is 1.09 bits per heavy atom. The summed E-state index contributed by atoms with van der Waals surface area (Å²) in [5.74, 6) is -1.24. The second kappa shape index (κ2) is 8.68. The van der Waals surface area contributed by atoms with Crippen LogP contribution in [0.1, 0.15) is 24.0 Å². The van der Waals surface area contributed by atoms with Gasteiger partial charge in [0.1, 0.15) is 5.82 Å². The molecule has 0 aliphatic rings. The summed E-state index contributed by atoms with van der Waals surface area (Å²) in [5.41, 5.74) is 11.0. The minimum atomic E-state index is -0.910. The number of carbonyl (C=O) groups excluding carboxylic acids is 1. The first-order valence-electron chi connectivity index (χ1n) is 9.97. The number of carbonyl (C=O) groups is 2. The summed E-state index contributed by atoms with van der Waals surface area (Å²) in [7, 11) is 0. The number of urea groups is 1. The fourth-order valence-electron chi connectivity index (χ4n) is 3.49. The lowest BCUT2D eigenvalue weighted by atomic mass is 9.99. The second-order valence-corrected chi connectivity index (χ2v) is 8.42. The highest BCUT2D eigenvalue weighted by Crippen LogP contribution is 2.40. The van der Waals surface area contributed by atoms with Gasteiger partial charge < -0.3 is 21.5 Å². The van der Waals surface area contributed by atoms with E-state index in [0.29, 0.717) is 17.1 Å². The number of aryl methyl sites for hydroxylation is 1. The highest BCUT2D eigenvalue weighted by molar-refractivity contribution is 7.18. The van der Waals surface area contributed by atoms with Crippen LogP contribution in [0.2, 0.25) is 0 Å². The largest absolute Gasteiger partial charge is 0.481 e. The topological polar surface area (TPSA) is 117 Å². The number of nitrogens with one attached hydrogen (secondary N) is 2. The number of fused-ring (bicyclic) bond motifs is 1. The van der Waals surface area contributed by atoms with E-state index in [1.165, 1.54) is 17.5 Å². The molecule has 1 unspecified atom stereocenters. The summed E-state index contributed by atoms with van der Waals surface area (Å²) >= 11 is 1.45. The van der Waals surface area contributed by atoms with Crippen LogP contribution in [-0.4, -0.2) is 22.1 Å². The molecule has 0 saturated carbocycles. The number of aliphatic carboxylic acids is 1. The van der Waals surface area contributed by atoms with Gasteiger partial charge in [-0.05, 0) is 54.6 Å². The van der Waals surface area contributed by atoms with Gasteiger partial charge in [-0.1, -0.05) is 24.3 Å². The summed E-state index contributed by atoms with van der Waals surface area (Å²) in [6.07, 6.45) is 1.54. The van der Waals surface area contributed by atoms with E-state index in [0.717, 1.165) is 32.5 Å². The number of hydrogen-bond donors (Lipinski definition) is 4. The first-order valence-corrected chi connectivity index (χ1v) is 10.8. The highest BCUT2D eigenvalue weighted by Gasteiger charge is 2.21. The van der Waals surface area contributed by atoms with E-state index in [1.54, 1.807) is 6.92 Å². The van der Waals surface area contributed by atoms with Crippen LogP contribution in [-0.2, 0) is 4.79 Å². The van der Waals surface area contributed by atoms with Crippen LogP contribution in [0, 0.1) is 6.92 Å². The smallest absolute Gasteiger partial charge is 0.323 e. The van der Waals surface area contributed by atoms with Crippen LogP contribution < -0.4 is 16.4 Å². The molecule has 4 aromatic rings. The number of thiophene rings is 1. The minimum Gasteiger partial charge on any atom is -0.481 e. The number of nitrogen functional groups attached to an aromatic ring is 1. The van der Waals surface area contributed by atoms with E-state index in [4.69, 9.17) is 5.73 Å². The average Bonchev–Trinajstić information content (AvgIpc) is 3.20. The standard InChI is InChI=1S/C24H22N4O3S/c1-13-4-3-5-17(10-13)28-24(31)27-16-8-6-15(7-9-16)19-12-32-21-18(14(2)23(29)30)11-26-22(25)20(19)21/h3-12,14H,1-2H3,(H2,25,26)(H,29,30)(H2,27,28,31). The molecule has 0 aliphatic carbocycles. The highest BCUT2D eigenvalue weighted by atomic mass is 32.1. The van der Waals surface area contributed by atoms with Gasteiger partial charge in [-0.15, -0.1) is 11.3 Å². The predicted octanol–water partition coefficient (Wildman–Crippen LogP) is 5.69. The van der Waals surface area contributed by atoms with Crippen LogP contribution in [0.15, 0.2) is 60.1 Å². The molecule has 0 fully saturated rings. The third-order valence-electron chi connectivity index (χ3n) is 5.22. The maximum absolute atomic E-state index is 12.3. The van der Waals surface area contributed by atoms with Crippen molar-refractivity contribution in [3.05, 3.63) is 71.2 Å². The van der Waals surface area contributed by atoms with Crippen molar-refractivity contribution < 1.29 is 14.7 Å². The monoisotopic (exact) mass is 446 g/mol. The van der Waals surface area contributed by atoms with Crippen LogP contribution in [0.3, 0.4) is 0 Å². The molecule has 0 aliphatic heterocycles. The Labute approximate surface area is 188 Å². The third-order valence-corrected chi connectivity index (χ3v) is 6.25. The van der Waals surface area contributed by atoms with Gasteiger partial charge in [0.05, 0.1) is 5.92 Å². The molecule has 2 aromatic heterocycles. The molecule has 7 nitrogen and oxygen atoms in total. The molecule has 2 amide bonds. The Morgan fingerprint density at radius 2 is 1.81 bits per heavy atom. The zero-order chi connectivity index (χ0) is 22.8. The molecule has 2 aromatic carbocycles. The van der Waals surface area contributed by atoms with Gasteiger partial charge in [0.25, 0.3) is 0 Å². The Bertz CT molecular complexity index is 1310. The number of pyridine rings is 1. The van der Waals surface area contributed by atoms with E-state index in [-0.39, 0.29) is 6.03 Å². The molecule has 2 heterocycles. The number of hydrogen-bond acceptors (Lipinski definition) is 5. The third kappa shape index (κ3) is 4.26. The Hall–Kier alpha value is -3.91. The van der Waals surface area contributed by atoms with Gasteiger partial charge in [-0.2, -0.15) is 0 Å². The van der Waals surface area contributed by atoms with Gasteiger partial charge in [0, 0.05) is 38.8 Å². The van der Waals surface area contributed by atoms with Crippen molar-refractivity contribution in [2.24, 2.45) is 0 Å². The lowest BCUT2D eigenvalue weighted by Crippen LogP contribution is -2.19. The second-order valence-electron chi connectivity index (χ2n) is 7.54. The molecule has 32 heavy (non-hydrogen) atoms. The summed E-state index contributed by atoms with van der Waals surface area (Å²) < 4.78 is 0.821. The van der Waals surface area contributed by atoms with Crippen LogP contribution in [0.4, 0.5) is 22.0 Å². The van der Waals surface area contributed by atoms with Crippen molar-refractivity contribution in [2.75, 3.05) is 16.4 Å². The molecule has 4 rings (SSSR count). The number of benzene rings is 2. The van der Waals surface area contributed by atoms with Crippen molar-refractivity contribution >= 4 is 50.6 Å². The quantitative estimate of drug-likeness (QED) is 0.314. The van der Waals surface area contributed by atoms with Gasteiger partial charge in [0.2, 0.25) is 0 Å². The summed E-state index contributed by atoms with van der Waals surface area (Å²) in [4.78, 5) is 28.0. The lowest BCUT2D eigenvalue weighted by Gasteiger charge is -2.10. The van der Waals surface area contributed by atoms with E-state index >= 15 is 0 Å². The lowest BCUT2D eigenvalue weighted by molar-refractivity contribution is -0.138. The predicted molar refractivity (Wildman–Crippen MR) is 129 cm³/mol. The number of anilines is 3.